The Bertz CT molecular complexity index is 993. The van der Waals surface area contributed by atoms with E-state index in [4.69, 9.17) is 11.6 Å². The Morgan fingerprint density at radius 2 is 1.76 bits per heavy atom. The summed E-state index contributed by atoms with van der Waals surface area (Å²) in [5.41, 5.74) is 0.445. The predicted octanol–water partition coefficient (Wildman–Crippen LogP) is 3.03. The summed E-state index contributed by atoms with van der Waals surface area (Å²) in [6.07, 6.45) is 0.458. The largest absolute Gasteiger partial charge is 0.357 e. The third-order valence-electron chi connectivity index (χ3n) is 4.06. The molecule has 1 atom stereocenters. The molecule has 0 spiro atoms. The van der Waals surface area contributed by atoms with Gasteiger partial charge in [-0.25, -0.2) is 8.42 Å². The van der Waals surface area contributed by atoms with Gasteiger partial charge in [-0.1, -0.05) is 37.6 Å². The first-order valence-electron chi connectivity index (χ1n) is 9.03. The number of hydrogen-bond donors (Lipinski definition) is 3. The van der Waals surface area contributed by atoms with Crippen LogP contribution in [0, 0.1) is 5.92 Å². The van der Waals surface area contributed by atoms with Crippen LogP contribution < -0.4 is 15.4 Å². The van der Waals surface area contributed by atoms with Crippen molar-refractivity contribution >= 4 is 39.1 Å². The molecule has 0 saturated heterocycles. The van der Waals surface area contributed by atoms with Crippen LogP contribution in [0.5, 0.6) is 0 Å². The first-order valence-corrected chi connectivity index (χ1v) is 10.9. The minimum absolute atomic E-state index is 0.0783. The molecule has 0 fully saturated rings. The van der Waals surface area contributed by atoms with Crippen LogP contribution in [0.15, 0.2) is 53.4 Å². The molecule has 1 unspecified atom stereocenters. The number of sulfonamides is 1. The van der Waals surface area contributed by atoms with Crippen LogP contribution in [0.25, 0.3) is 0 Å². The van der Waals surface area contributed by atoms with Crippen LogP contribution in [-0.4, -0.2) is 33.3 Å². The van der Waals surface area contributed by atoms with Crippen molar-refractivity contribution in [3.05, 3.63) is 59.1 Å². The van der Waals surface area contributed by atoms with Crippen molar-refractivity contribution in [2.45, 2.75) is 31.2 Å². The number of carbonyl (C=O) groups is 2. The predicted molar refractivity (Wildman–Crippen MR) is 113 cm³/mol. The molecule has 0 heterocycles. The van der Waals surface area contributed by atoms with Crippen molar-refractivity contribution in [2.75, 3.05) is 11.8 Å². The highest BCUT2D eigenvalue weighted by molar-refractivity contribution is 7.92. The van der Waals surface area contributed by atoms with Gasteiger partial charge < -0.3 is 10.6 Å². The number of nitrogens with one attached hydrogen (secondary N) is 3. The second-order valence-electron chi connectivity index (χ2n) is 6.91. The summed E-state index contributed by atoms with van der Waals surface area (Å²) in [6.45, 7) is 3.88. The van der Waals surface area contributed by atoms with Crippen molar-refractivity contribution in [2.24, 2.45) is 5.92 Å². The average Bonchev–Trinajstić information content (AvgIpc) is 2.66. The molecule has 0 aromatic heterocycles. The second kappa shape index (κ2) is 9.76. The van der Waals surface area contributed by atoms with Gasteiger partial charge in [0.05, 0.1) is 10.6 Å². The highest BCUT2D eigenvalue weighted by Crippen LogP contribution is 2.20. The van der Waals surface area contributed by atoms with E-state index in [1.165, 1.54) is 37.4 Å². The van der Waals surface area contributed by atoms with Gasteiger partial charge in [0.15, 0.2) is 0 Å². The minimum Gasteiger partial charge on any atom is -0.357 e. The maximum Gasteiger partial charge on any atom is 0.261 e. The minimum atomic E-state index is -3.92. The van der Waals surface area contributed by atoms with E-state index in [-0.39, 0.29) is 22.3 Å². The molecule has 9 heteroatoms. The summed E-state index contributed by atoms with van der Waals surface area (Å²) in [6, 6.07) is 11.2. The number of hydrogen-bond acceptors (Lipinski definition) is 4. The van der Waals surface area contributed by atoms with Crippen molar-refractivity contribution in [1.82, 2.24) is 10.6 Å². The van der Waals surface area contributed by atoms with Crippen LogP contribution in [0.4, 0.5) is 5.69 Å². The molecule has 2 aromatic rings. The number of halogens is 1. The standard InChI is InChI=1S/C20H24ClN3O4S/c1-13(2)10-18(20(26)22-3)23-19(25)14-6-4-9-17(11-14)29(27,28)24-16-8-5-7-15(21)12-16/h4-9,11-13,18,24H,10H2,1-3H3,(H,22,26)(H,23,25). The molecule has 0 saturated carbocycles. The SMILES string of the molecule is CNC(=O)C(CC(C)C)NC(=O)c1cccc(S(=O)(=O)Nc2cccc(Cl)c2)c1. The van der Waals surface area contributed by atoms with Gasteiger partial charge in [-0.2, -0.15) is 0 Å². The molecule has 7 nitrogen and oxygen atoms in total. The number of amides is 2. The van der Waals surface area contributed by atoms with E-state index in [9.17, 15) is 18.0 Å². The van der Waals surface area contributed by atoms with Crippen molar-refractivity contribution in [3.8, 4) is 0 Å². The van der Waals surface area contributed by atoms with Crippen molar-refractivity contribution in [1.29, 1.82) is 0 Å². The van der Waals surface area contributed by atoms with Gasteiger partial charge >= 0.3 is 0 Å². The second-order valence-corrected chi connectivity index (χ2v) is 9.03. The summed E-state index contributed by atoms with van der Waals surface area (Å²) >= 11 is 5.89. The summed E-state index contributed by atoms with van der Waals surface area (Å²) < 4.78 is 27.7. The summed E-state index contributed by atoms with van der Waals surface area (Å²) in [4.78, 5) is 24.6. The lowest BCUT2D eigenvalue weighted by Gasteiger charge is -2.19. The average molecular weight is 438 g/mol. The highest BCUT2D eigenvalue weighted by Gasteiger charge is 2.23. The third kappa shape index (κ3) is 6.47. The number of carbonyl (C=O) groups excluding carboxylic acids is 2. The Labute approximate surface area is 175 Å². The lowest BCUT2D eigenvalue weighted by Crippen LogP contribution is -2.46. The number of likely N-dealkylation sites (N-methyl/N-ethyl adjacent to an activating group) is 1. The first kappa shape index (κ1) is 22.7. The van der Waals surface area contributed by atoms with Gasteiger partial charge in [0, 0.05) is 17.6 Å². The molecule has 0 aliphatic heterocycles. The van der Waals surface area contributed by atoms with E-state index in [0.717, 1.165) is 0 Å². The van der Waals surface area contributed by atoms with Crippen LogP contribution in [0.1, 0.15) is 30.6 Å². The monoisotopic (exact) mass is 437 g/mol. The third-order valence-corrected chi connectivity index (χ3v) is 5.67. The van der Waals surface area contributed by atoms with Gasteiger partial charge in [0.2, 0.25) is 5.91 Å². The normalized spacial score (nSPS) is 12.3. The van der Waals surface area contributed by atoms with Gasteiger partial charge in [0.1, 0.15) is 6.04 Å². The molecule has 3 N–H and O–H groups in total. The summed E-state index contributed by atoms with van der Waals surface area (Å²) in [7, 11) is -2.43. The molecule has 29 heavy (non-hydrogen) atoms. The number of anilines is 1. The quantitative estimate of drug-likeness (QED) is 0.590. The highest BCUT2D eigenvalue weighted by atomic mass is 35.5. The van der Waals surface area contributed by atoms with Crippen LogP contribution >= 0.6 is 11.6 Å². The fourth-order valence-electron chi connectivity index (χ4n) is 2.69. The molecule has 2 rings (SSSR count). The topological polar surface area (TPSA) is 104 Å². The van der Waals surface area contributed by atoms with Gasteiger partial charge in [-0.05, 0) is 48.7 Å². The van der Waals surface area contributed by atoms with Gasteiger partial charge in [-0.15, -0.1) is 0 Å². The fraction of sp³-hybridized carbons (Fsp3) is 0.300. The lowest BCUT2D eigenvalue weighted by molar-refractivity contribution is -0.122. The summed E-state index contributed by atoms with van der Waals surface area (Å²) in [5, 5.41) is 5.58. The molecule has 2 amide bonds. The maximum absolute atomic E-state index is 12.7. The Hall–Kier alpha value is -2.58. The van der Waals surface area contributed by atoms with Crippen LogP contribution in [0.2, 0.25) is 5.02 Å². The smallest absolute Gasteiger partial charge is 0.261 e. The maximum atomic E-state index is 12.7. The Morgan fingerprint density at radius 3 is 2.38 bits per heavy atom. The van der Waals surface area contributed by atoms with Crippen LogP contribution in [-0.2, 0) is 14.8 Å². The molecule has 2 aromatic carbocycles. The zero-order valence-corrected chi connectivity index (χ0v) is 18.0. The van der Waals surface area contributed by atoms with Crippen LogP contribution in [0.3, 0.4) is 0 Å². The first-order chi connectivity index (χ1) is 13.6. The molecule has 0 radical (unpaired) electrons. The van der Waals surface area contributed by atoms with E-state index in [1.54, 1.807) is 18.2 Å². The fourth-order valence-corrected chi connectivity index (χ4v) is 3.97. The molecule has 0 aliphatic rings. The zero-order chi connectivity index (χ0) is 21.6. The van der Waals surface area contributed by atoms with E-state index < -0.39 is 22.0 Å². The van der Waals surface area contributed by atoms with E-state index in [2.05, 4.69) is 15.4 Å². The van der Waals surface area contributed by atoms with E-state index in [0.29, 0.717) is 17.1 Å². The Balaban J connectivity index is 2.23. The summed E-state index contributed by atoms with van der Waals surface area (Å²) in [5.74, 6) is -0.649. The number of rotatable bonds is 8. The zero-order valence-electron chi connectivity index (χ0n) is 16.4. The Kier molecular flexibility index (Phi) is 7.64. The number of benzene rings is 2. The molecule has 0 aliphatic carbocycles. The van der Waals surface area contributed by atoms with E-state index in [1.807, 2.05) is 13.8 Å². The lowest BCUT2D eigenvalue weighted by atomic mass is 10.0. The van der Waals surface area contributed by atoms with Gasteiger partial charge in [0.25, 0.3) is 15.9 Å². The van der Waals surface area contributed by atoms with Crippen molar-refractivity contribution < 1.29 is 18.0 Å². The van der Waals surface area contributed by atoms with Crippen molar-refractivity contribution in [3.63, 3.8) is 0 Å². The molecular weight excluding hydrogens is 414 g/mol. The van der Waals surface area contributed by atoms with Gasteiger partial charge in [-0.3, -0.25) is 14.3 Å². The molecular formula is C20H24ClN3O4S. The molecule has 156 valence electrons. The van der Waals surface area contributed by atoms with E-state index >= 15 is 0 Å². The Morgan fingerprint density at radius 1 is 1.07 bits per heavy atom. The molecule has 0 bridgehead atoms.